The van der Waals surface area contributed by atoms with E-state index in [1.54, 1.807) is 12.1 Å². The Morgan fingerprint density at radius 1 is 1.07 bits per heavy atom. The average Bonchev–Trinajstić information content (AvgIpc) is 3.28. The van der Waals surface area contributed by atoms with Crippen molar-refractivity contribution < 1.29 is 23.5 Å². The van der Waals surface area contributed by atoms with E-state index in [1.807, 2.05) is 24.3 Å². The van der Waals surface area contributed by atoms with Crippen molar-refractivity contribution in [3.8, 4) is 0 Å². The van der Waals surface area contributed by atoms with Crippen molar-refractivity contribution in [2.45, 2.75) is 32.2 Å². The monoisotopic (exact) mass is 407 g/mol. The van der Waals surface area contributed by atoms with Gasteiger partial charge in [0.25, 0.3) is 5.91 Å². The summed E-state index contributed by atoms with van der Waals surface area (Å²) in [5.41, 5.74) is 2.99. The Bertz CT molecular complexity index is 1090. The lowest BCUT2D eigenvalue weighted by Gasteiger charge is -2.19. The van der Waals surface area contributed by atoms with Crippen LogP contribution in [0, 0.1) is 0 Å². The number of urea groups is 1. The normalized spacial score (nSPS) is 12.8. The number of rotatable bonds is 5. The van der Waals surface area contributed by atoms with Crippen LogP contribution in [0.3, 0.4) is 0 Å². The maximum absolute atomic E-state index is 12.9. The number of esters is 1. The van der Waals surface area contributed by atoms with Crippen LogP contribution in [0.1, 0.15) is 40.2 Å². The number of para-hydroxylation sites is 1. The van der Waals surface area contributed by atoms with Crippen LogP contribution in [0.15, 0.2) is 47.1 Å². The molecule has 4 rings (SSSR count). The van der Waals surface area contributed by atoms with E-state index >= 15 is 0 Å². The van der Waals surface area contributed by atoms with Crippen LogP contribution < -0.4 is 10.6 Å². The van der Waals surface area contributed by atoms with Crippen LogP contribution in [-0.4, -0.2) is 29.5 Å². The molecule has 0 spiro atoms. The molecule has 8 heteroatoms. The number of furan rings is 1. The minimum atomic E-state index is -0.715. The second kappa shape index (κ2) is 8.77. The molecule has 0 bridgehead atoms. The highest BCUT2D eigenvalue weighted by Crippen LogP contribution is 2.29. The van der Waals surface area contributed by atoms with E-state index in [0.717, 1.165) is 42.5 Å². The van der Waals surface area contributed by atoms with Crippen LogP contribution in [-0.2, 0) is 28.9 Å². The van der Waals surface area contributed by atoms with E-state index < -0.39 is 24.5 Å². The molecule has 0 radical (unpaired) electrons. The quantitative estimate of drug-likeness (QED) is 0.629. The SMILES string of the molecule is O=C(COC(=O)c1c2c(nc3ccccc13)CCCC2)NC(=O)NCc1ccco1. The highest BCUT2D eigenvalue weighted by Gasteiger charge is 2.24. The van der Waals surface area contributed by atoms with Gasteiger partial charge in [0.2, 0.25) is 0 Å². The first-order chi connectivity index (χ1) is 14.6. The molecular formula is C22H21N3O5. The maximum Gasteiger partial charge on any atom is 0.339 e. The van der Waals surface area contributed by atoms with Crippen molar-refractivity contribution >= 4 is 28.8 Å². The summed E-state index contributed by atoms with van der Waals surface area (Å²) in [5, 5.41) is 5.32. The fourth-order valence-corrected chi connectivity index (χ4v) is 3.60. The van der Waals surface area contributed by atoms with Gasteiger partial charge in [-0.15, -0.1) is 0 Å². The Kier molecular flexibility index (Phi) is 5.74. The molecule has 0 atom stereocenters. The zero-order valence-electron chi connectivity index (χ0n) is 16.3. The van der Waals surface area contributed by atoms with Crippen molar-refractivity contribution in [3.63, 3.8) is 0 Å². The molecule has 0 saturated carbocycles. The summed E-state index contributed by atoms with van der Waals surface area (Å²) in [4.78, 5) is 41.4. The van der Waals surface area contributed by atoms with E-state index in [0.29, 0.717) is 16.7 Å². The number of fused-ring (bicyclic) bond motifs is 2. The topological polar surface area (TPSA) is 111 Å². The van der Waals surface area contributed by atoms with Gasteiger partial charge >= 0.3 is 12.0 Å². The molecule has 3 amide bonds. The Morgan fingerprint density at radius 2 is 1.90 bits per heavy atom. The zero-order valence-corrected chi connectivity index (χ0v) is 16.3. The molecule has 0 aliphatic heterocycles. The lowest BCUT2D eigenvalue weighted by atomic mass is 9.90. The molecule has 2 N–H and O–H groups in total. The summed E-state index contributed by atoms with van der Waals surface area (Å²) in [6.07, 6.45) is 5.06. The minimum absolute atomic E-state index is 0.140. The number of hydrogen-bond acceptors (Lipinski definition) is 6. The summed E-state index contributed by atoms with van der Waals surface area (Å²) >= 11 is 0. The zero-order chi connectivity index (χ0) is 20.9. The summed E-state index contributed by atoms with van der Waals surface area (Å²) in [7, 11) is 0. The highest BCUT2D eigenvalue weighted by molar-refractivity contribution is 6.06. The van der Waals surface area contributed by atoms with Crippen molar-refractivity contribution in [1.29, 1.82) is 0 Å². The molecule has 1 aliphatic rings. The molecule has 2 heterocycles. The molecule has 8 nitrogen and oxygen atoms in total. The van der Waals surface area contributed by atoms with E-state index in [1.165, 1.54) is 6.26 Å². The summed E-state index contributed by atoms with van der Waals surface area (Å²) < 4.78 is 10.3. The van der Waals surface area contributed by atoms with Crippen molar-refractivity contribution in [3.05, 3.63) is 65.2 Å². The van der Waals surface area contributed by atoms with Crippen LogP contribution >= 0.6 is 0 Å². The van der Waals surface area contributed by atoms with Gasteiger partial charge < -0.3 is 14.5 Å². The molecule has 154 valence electrons. The van der Waals surface area contributed by atoms with Crippen LogP contribution in [0.25, 0.3) is 10.9 Å². The Balaban J connectivity index is 1.41. The number of pyridine rings is 1. The molecule has 2 aromatic heterocycles. The number of nitrogens with one attached hydrogen (secondary N) is 2. The van der Waals surface area contributed by atoms with Gasteiger partial charge in [0.15, 0.2) is 6.61 Å². The lowest BCUT2D eigenvalue weighted by molar-refractivity contribution is -0.123. The van der Waals surface area contributed by atoms with Gasteiger partial charge in [0.05, 0.1) is 23.9 Å². The molecule has 0 fully saturated rings. The maximum atomic E-state index is 12.9. The van der Waals surface area contributed by atoms with Gasteiger partial charge in [-0.05, 0) is 49.4 Å². The van der Waals surface area contributed by atoms with Crippen molar-refractivity contribution in [2.75, 3.05) is 6.61 Å². The fraction of sp³-hybridized carbons (Fsp3) is 0.273. The third kappa shape index (κ3) is 4.32. The first kappa shape index (κ1) is 19.6. The minimum Gasteiger partial charge on any atom is -0.467 e. The van der Waals surface area contributed by atoms with E-state index in [-0.39, 0.29) is 6.54 Å². The summed E-state index contributed by atoms with van der Waals surface area (Å²) in [6, 6.07) is 10.1. The average molecular weight is 407 g/mol. The predicted molar refractivity (Wildman–Crippen MR) is 108 cm³/mol. The fourth-order valence-electron chi connectivity index (χ4n) is 3.60. The Morgan fingerprint density at radius 3 is 2.73 bits per heavy atom. The largest absolute Gasteiger partial charge is 0.467 e. The molecule has 30 heavy (non-hydrogen) atoms. The predicted octanol–water partition coefficient (Wildman–Crippen LogP) is 2.89. The van der Waals surface area contributed by atoms with E-state index in [2.05, 4.69) is 15.6 Å². The number of carbonyl (C=O) groups excluding carboxylic acids is 3. The first-order valence-corrected chi connectivity index (χ1v) is 9.79. The van der Waals surface area contributed by atoms with Crippen molar-refractivity contribution in [1.82, 2.24) is 15.6 Å². The number of aromatic nitrogens is 1. The van der Waals surface area contributed by atoms with Gasteiger partial charge in [-0.2, -0.15) is 0 Å². The Labute approximate surface area is 172 Å². The van der Waals surface area contributed by atoms with Gasteiger partial charge in [-0.3, -0.25) is 15.1 Å². The van der Waals surface area contributed by atoms with E-state index in [9.17, 15) is 14.4 Å². The molecule has 1 aromatic carbocycles. The second-order valence-corrected chi connectivity index (χ2v) is 7.02. The number of carbonyl (C=O) groups is 3. The number of benzene rings is 1. The van der Waals surface area contributed by atoms with Gasteiger partial charge in [-0.1, -0.05) is 18.2 Å². The summed E-state index contributed by atoms with van der Waals surface area (Å²) in [5.74, 6) is -0.746. The Hall–Kier alpha value is -3.68. The van der Waals surface area contributed by atoms with Crippen LogP contribution in [0.2, 0.25) is 0 Å². The molecule has 3 aromatic rings. The number of ether oxygens (including phenoxy) is 1. The lowest BCUT2D eigenvalue weighted by Crippen LogP contribution is -2.41. The van der Waals surface area contributed by atoms with Gasteiger partial charge in [-0.25, -0.2) is 9.59 Å². The number of hydrogen-bond donors (Lipinski definition) is 2. The summed E-state index contributed by atoms with van der Waals surface area (Å²) in [6.45, 7) is -0.417. The second-order valence-electron chi connectivity index (χ2n) is 7.02. The van der Waals surface area contributed by atoms with Gasteiger partial charge in [0.1, 0.15) is 5.76 Å². The van der Waals surface area contributed by atoms with Gasteiger partial charge in [0, 0.05) is 11.1 Å². The molecular weight excluding hydrogens is 386 g/mol. The molecule has 0 saturated heterocycles. The third-order valence-electron chi connectivity index (χ3n) is 4.96. The smallest absolute Gasteiger partial charge is 0.339 e. The van der Waals surface area contributed by atoms with Crippen LogP contribution in [0.5, 0.6) is 0 Å². The van der Waals surface area contributed by atoms with Crippen LogP contribution in [0.4, 0.5) is 4.79 Å². The number of aryl methyl sites for hydroxylation is 1. The number of amides is 3. The molecule has 0 unspecified atom stereocenters. The third-order valence-corrected chi connectivity index (χ3v) is 4.96. The highest BCUT2D eigenvalue weighted by atomic mass is 16.5. The number of nitrogens with zero attached hydrogens (tertiary/aromatic N) is 1. The number of imide groups is 1. The van der Waals surface area contributed by atoms with Crippen molar-refractivity contribution in [2.24, 2.45) is 0 Å². The van der Waals surface area contributed by atoms with E-state index in [4.69, 9.17) is 9.15 Å². The standard InChI is InChI=1S/C22H21N3O5/c26-19(25-22(28)23-12-14-6-5-11-29-14)13-30-21(27)20-15-7-1-3-9-17(15)24-18-10-4-2-8-16(18)20/h1,3,5-7,9,11H,2,4,8,10,12-13H2,(H2,23,25,26,28). The molecule has 1 aliphatic carbocycles. The first-order valence-electron chi connectivity index (χ1n) is 9.79.